The Morgan fingerprint density at radius 2 is 1.74 bits per heavy atom. The molecule has 0 aromatic heterocycles. The van der Waals surface area contributed by atoms with Gasteiger partial charge in [-0.3, -0.25) is 4.79 Å². The predicted molar refractivity (Wildman–Crippen MR) is 86.3 cm³/mol. The molecule has 0 aliphatic carbocycles. The number of rotatable bonds is 7. The molecule has 0 aliphatic rings. The smallest absolute Gasteiger partial charge is 0.165 e. The van der Waals surface area contributed by atoms with E-state index >= 15 is 0 Å². The lowest BCUT2D eigenvalue weighted by molar-refractivity contribution is -0.117. The van der Waals surface area contributed by atoms with Crippen molar-refractivity contribution in [2.24, 2.45) is 5.92 Å². The van der Waals surface area contributed by atoms with E-state index in [1.54, 1.807) is 30.4 Å². The highest BCUT2D eigenvalue weighted by atomic mass is 16.1. The van der Waals surface area contributed by atoms with Crippen LogP contribution in [0.25, 0.3) is 0 Å². The monoisotopic (exact) mass is 263 g/mol. The first kappa shape index (κ1) is 19.9. The lowest BCUT2D eigenvalue weighted by atomic mass is 10.0. The molecule has 108 valence electrons. The van der Waals surface area contributed by atoms with E-state index in [0.29, 0.717) is 11.6 Å². The van der Waals surface area contributed by atoms with Gasteiger partial charge < -0.3 is 5.32 Å². The number of carbonyl (C=O) groups excluding carboxylic acids is 1. The summed E-state index contributed by atoms with van der Waals surface area (Å²) in [7, 11) is 0. The van der Waals surface area contributed by atoms with Crippen LogP contribution in [0.4, 0.5) is 0 Å². The quantitative estimate of drug-likeness (QED) is 0.554. The summed E-state index contributed by atoms with van der Waals surface area (Å²) in [6, 6.07) is 0.648. The van der Waals surface area contributed by atoms with Crippen LogP contribution in [-0.2, 0) is 4.79 Å². The second-order valence-corrected chi connectivity index (χ2v) is 4.68. The fourth-order valence-corrected chi connectivity index (χ4v) is 1.26. The average Bonchev–Trinajstić information content (AvgIpc) is 2.34. The van der Waals surface area contributed by atoms with Crippen LogP contribution in [0.1, 0.15) is 34.6 Å². The third-order valence-electron chi connectivity index (χ3n) is 2.13. The summed E-state index contributed by atoms with van der Waals surface area (Å²) in [5.74, 6) is 0.138. The van der Waals surface area contributed by atoms with Gasteiger partial charge in [0, 0.05) is 17.5 Å². The van der Waals surface area contributed by atoms with Gasteiger partial charge in [-0.25, -0.2) is 0 Å². The number of nitrogens with one attached hydrogen (secondary N) is 1. The highest BCUT2D eigenvalue weighted by molar-refractivity contribution is 5.99. The SMILES string of the molecule is C=C/C=C\C(=C/C=C)C(=O)C(C)C.CCNC(C)C. The predicted octanol–water partition coefficient (Wildman–Crippen LogP) is 4.07. The summed E-state index contributed by atoms with van der Waals surface area (Å²) in [6.07, 6.45) is 8.46. The van der Waals surface area contributed by atoms with Gasteiger partial charge in [0.1, 0.15) is 0 Å². The molecule has 0 atom stereocenters. The van der Waals surface area contributed by atoms with Gasteiger partial charge in [-0.15, -0.1) is 0 Å². The largest absolute Gasteiger partial charge is 0.315 e. The zero-order valence-corrected chi connectivity index (χ0v) is 13.1. The van der Waals surface area contributed by atoms with E-state index in [-0.39, 0.29) is 11.7 Å². The Labute approximate surface area is 119 Å². The van der Waals surface area contributed by atoms with Crippen LogP contribution in [0.3, 0.4) is 0 Å². The van der Waals surface area contributed by atoms with Crippen molar-refractivity contribution in [3.8, 4) is 0 Å². The second kappa shape index (κ2) is 13.0. The summed E-state index contributed by atoms with van der Waals surface area (Å²) in [6.45, 7) is 18.3. The Morgan fingerprint density at radius 3 is 2.00 bits per heavy atom. The van der Waals surface area contributed by atoms with E-state index in [0.717, 1.165) is 6.54 Å². The van der Waals surface area contributed by atoms with Crippen molar-refractivity contribution in [1.29, 1.82) is 0 Å². The lowest BCUT2D eigenvalue weighted by Crippen LogP contribution is -2.21. The number of carbonyl (C=O) groups is 1. The molecule has 0 amide bonds. The first-order valence-electron chi connectivity index (χ1n) is 6.80. The summed E-state index contributed by atoms with van der Waals surface area (Å²) >= 11 is 0. The maximum Gasteiger partial charge on any atom is 0.165 e. The Kier molecular flexibility index (Phi) is 13.7. The molecule has 0 bridgehead atoms. The molecule has 0 heterocycles. The maximum absolute atomic E-state index is 11.5. The molecule has 0 aromatic rings. The van der Waals surface area contributed by atoms with Gasteiger partial charge in [0.05, 0.1) is 0 Å². The van der Waals surface area contributed by atoms with E-state index in [9.17, 15) is 4.79 Å². The van der Waals surface area contributed by atoms with Gasteiger partial charge in [0.2, 0.25) is 0 Å². The average molecular weight is 263 g/mol. The molecule has 1 N–H and O–H groups in total. The first-order valence-corrected chi connectivity index (χ1v) is 6.80. The summed E-state index contributed by atoms with van der Waals surface area (Å²) in [5.41, 5.74) is 0.671. The van der Waals surface area contributed by atoms with Gasteiger partial charge in [-0.2, -0.15) is 0 Å². The van der Waals surface area contributed by atoms with E-state index in [1.165, 1.54) is 0 Å². The highest BCUT2D eigenvalue weighted by Crippen LogP contribution is 2.07. The molecule has 0 aromatic carbocycles. The Morgan fingerprint density at radius 1 is 1.16 bits per heavy atom. The Balaban J connectivity index is 0. The van der Waals surface area contributed by atoms with Gasteiger partial charge in [-0.1, -0.05) is 78.2 Å². The number of allylic oxidation sites excluding steroid dienone is 6. The van der Waals surface area contributed by atoms with Crippen LogP contribution in [-0.4, -0.2) is 18.4 Å². The normalized spacial score (nSPS) is 11.4. The third-order valence-corrected chi connectivity index (χ3v) is 2.13. The fourth-order valence-electron chi connectivity index (χ4n) is 1.26. The van der Waals surface area contributed by atoms with Crippen molar-refractivity contribution in [2.45, 2.75) is 40.7 Å². The van der Waals surface area contributed by atoms with Gasteiger partial charge in [0.15, 0.2) is 5.78 Å². The van der Waals surface area contributed by atoms with Gasteiger partial charge >= 0.3 is 0 Å². The molecule has 0 spiro atoms. The van der Waals surface area contributed by atoms with Gasteiger partial charge in [-0.05, 0) is 6.54 Å². The number of ketones is 1. The van der Waals surface area contributed by atoms with Crippen molar-refractivity contribution in [3.63, 3.8) is 0 Å². The zero-order chi connectivity index (χ0) is 15.3. The van der Waals surface area contributed by atoms with E-state index in [4.69, 9.17) is 0 Å². The number of hydrogen-bond acceptors (Lipinski definition) is 2. The van der Waals surface area contributed by atoms with Crippen LogP contribution < -0.4 is 5.32 Å². The molecule has 0 unspecified atom stereocenters. The van der Waals surface area contributed by atoms with Crippen LogP contribution in [0.2, 0.25) is 0 Å². The number of Topliss-reactive ketones (excluding diaryl/α,β-unsaturated/α-hetero) is 1. The molecular weight excluding hydrogens is 234 g/mol. The summed E-state index contributed by atoms with van der Waals surface area (Å²) < 4.78 is 0. The first-order chi connectivity index (χ1) is 8.90. The van der Waals surface area contributed by atoms with Crippen molar-refractivity contribution < 1.29 is 4.79 Å². The van der Waals surface area contributed by atoms with Crippen LogP contribution in [0.15, 0.2) is 49.1 Å². The van der Waals surface area contributed by atoms with Crippen molar-refractivity contribution in [1.82, 2.24) is 5.32 Å². The molecular formula is C17H29NO. The van der Waals surface area contributed by atoms with E-state index in [1.807, 2.05) is 13.8 Å². The molecule has 0 saturated heterocycles. The van der Waals surface area contributed by atoms with Gasteiger partial charge in [0.25, 0.3) is 0 Å². The molecule has 0 fully saturated rings. The minimum Gasteiger partial charge on any atom is -0.315 e. The van der Waals surface area contributed by atoms with Crippen molar-refractivity contribution >= 4 is 5.78 Å². The molecule has 2 heteroatoms. The Bertz CT molecular complexity index is 322. The van der Waals surface area contributed by atoms with Crippen molar-refractivity contribution in [3.05, 3.63) is 49.1 Å². The van der Waals surface area contributed by atoms with Crippen LogP contribution in [0, 0.1) is 5.92 Å². The second-order valence-electron chi connectivity index (χ2n) is 4.68. The zero-order valence-electron chi connectivity index (χ0n) is 13.1. The molecule has 0 rings (SSSR count). The molecule has 2 nitrogen and oxygen atoms in total. The van der Waals surface area contributed by atoms with Crippen molar-refractivity contribution in [2.75, 3.05) is 6.54 Å². The van der Waals surface area contributed by atoms with E-state index in [2.05, 4.69) is 39.2 Å². The maximum atomic E-state index is 11.5. The fraction of sp³-hybridized carbons (Fsp3) is 0.471. The van der Waals surface area contributed by atoms with Crippen LogP contribution in [0.5, 0.6) is 0 Å². The molecule has 0 radical (unpaired) electrons. The highest BCUT2D eigenvalue weighted by Gasteiger charge is 2.09. The van der Waals surface area contributed by atoms with Crippen LogP contribution >= 0.6 is 0 Å². The third kappa shape index (κ3) is 12.8. The Hall–Kier alpha value is -1.41. The molecule has 19 heavy (non-hydrogen) atoms. The summed E-state index contributed by atoms with van der Waals surface area (Å²) in [4.78, 5) is 11.5. The minimum atomic E-state index is 0.0145. The standard InChI is InChI=1S/C12H16O.C5H13N/c1-5-7-9-11(8-6-2)12(13)10(3)4;1-4-6-5(2)3/h5-10H,1-2H2,3-4H3;5-6H,4H2,1-3H3/b9-7-,11-8+;. The topological polar surface area (TPSA) is 29.1 Å². The lowest BCUT2D eigenvalue weighted by Gasteiger charge is -2.03. The number of hydrogen-bond donors (Lipinski definition) is 1. The minimum absolute atomic E-state index is 0.0145. The van der Waals surface area contributed by atoms with E-state index < -0.39 is 0 Å². The molecule has 0 aliphatic heterocycles. The molecule has 0 saturated carbocycles. The summed E-state index contributed by atoms with van der Waals surface area (Å²) in [5, 5.41) is 3.21.